The summed E-state index contributed by atoms with van der Waals surface area (Å²) in [6.45, 7) is 2.82. The number of nitrogens with one attached hydrogen (secondary N) is 1. The second-order valence-corrected chi connectivity index (χ2v) is 5.78. The molecule has 1 saturated heterocycles. The van der Waals surface area contributed by atoms with E-state index in [1.807, 2.05) is 0 Å². The predicted octanol–water partition coefficient (Wildman–Crippen LogP) is 1.33. The molecule has 0 radical (unpaired) electrons. The number of piperidine rings is 1. The predicted molar refractivity (Wildman–Crippen MR) is 72.6 cm³/mol. The molecule has 0 spiro atoms. The summed E-state index contributed by atoms with van der Waals surface area (Å²) in [5.74, 6) is 0. The van der Waals surface area contributed by atoms with Gasteiger partial charge in [0.2, 0.25) is 0 Å². The molecule has 2 heterocycles. The highest BCUT2D eigenvalue weighted by atomic mass is 16.3. The smallest absolute Gasteiger partial charge is 0.0968 e. The van der Waals surface area contributed by atoms with Crippen molar-refractivity contribution in [3.8, 4) is 0 Å². The van der Waals surface area contributed by atoms with Gasteiger partial charge in [-0.05, 0) is 50.5 Å². The summed E-state index contributed by atoms with van der Waals surface area (Å²) < 4.78 is 0. The molecule has 0 saturated carbocycles. The minimum absolute atomic E-state index is 0.0881. The molecule has 3 nitrogen and oxygen atoms in total. The van der Waals surface area contributed by atoms with Crippen LogP contribution in [0.5, 0.6) is 0 Å². The average Bonchev–Trinajstić information content (AvgIpc) is 2.38. The monoisotopic (exact) mass is 246 g/mol. The van der Waals surface area contributed by atoms with Crippen LogP contribution in [0.1, 0.15) is 30.0 Å². The standard InChI is InChI=1S/C15H22N2O/c1-17-10-4-8-15(18,11-17)14-13-6-3-2-5-12(13)7-9-16-14/h2-3,5-6,14,16,18H,4,7-11H2,1H3. The maximum atomic E-state index is 11.0. The van der Waals surface area contributed by atoms with E-state index in [9.17, 15) is 5.11 Å². The number of nitrogens with zero attached hydrogens (tertiary/aromatic N) is 1. The maximum absolute atomic E-state index is 11.0. The minimum atomic E-state index is -0.622. The highest BCUT2D eigenvalue weighted by Gasteiger charge is 2.42. The quantitative estimate of drug-likeness (QED) is 0.785. The lowest BCUT2D eigenvalue weighted by Crippen LogP contribution is -2.55. The number of aliphatic hydroxyl groups is 1. The van der Waals surface area contributed by atoms with E-state index in [1.165, 1.54) is 11.1 Å². The van der Waals surface area contributed by atoms with E-state index in [1.54, 1.807) is 0 Å². The molecule has 0 aromatic heterocycles. The molecule has 98 valence electrons. The van der Waals surface area contributed by atoms with Gasteiger partial charge in [-0.25, -0.2) is 0 Å². The van der Waals surface area contributed by atoms with Gasteiger partial charge < -0.3 is 15.3 Å². The van der Waals surface area contributed by atoms with Gasteiger partial charge in [0, 0.05) is 6.54 Å². The molecule has 3 heteroatoms. The van der Waals surface area contributed by atoms with Crippen LogP contribution < -0.4 is 5.32 Å². The highest BCUT2D eigenvalue weighted by molar-refractivity contribution is 5.34. The van der Waals surface area contributed by atoms with E-state index in [4.69, 9.17) is 0 Å². The molecule has 2 aliphatic heterocycles. The summed E-state index contributed by atoms with van der Waals surface area (Å²) in [7, 11) is 2.10. The Bertz CT molecular complexity index is 434. The molecular formula is C15H22N2O. The molecule has 2 atom stereocenters. The lowest BCUT2D eigenvalue weighted by Gasteiger charge is -2.45. The van der Waals surface area contributed by atoms with Crippen molar-refractivity contribution in [3.05, 3.63) is 35.4 Å². The van der Waals surface area contributed by atoms with Gasteiger partial charge in [0.1, 0.15) is 0 Å². The zero-order valence-corrected chi connectivity index (χ0v) is 11.0. The molecule has 1 aromatic carbocycles. The number of likely N-dealkylation sites (N-methyl/N-ethyl adjacent to an activating group) is 1. The van der Waals surface area contributed by atoms with Crippen molar-refractivity contribution in [2.24, 2.45) is 0 Å². The van der Waals surface area contributed by atoms with E-state index in [2.05, 4.69) is 41.5 Å². The van der Waals surface area contributed by atoms with Crippen molar-refractivity contribution in [1.29, 1.82) is 0 Å². The van der Waals surface area contributed by atoms with Crippen LogP contribution in [-0.2, 0) is 6.42 Å². The Kier molecular flexibility index (Phi) is 3.14. The number of likely N-dealkylation sites (tertiary alicyclic amines) is 1. The fourth-order valence-corrected chi connectivity index (χ4v) is 3.50. The third-order valence-corrected chi connectivity index (χ3v) is 4.34. The van der Waals surface area contributed by atoms with Crippen LogP contribution in [0.25, 0.3) is 0 Å². The normalized spacial score (nSPS) is 33.1. The van der Waals surface area contributed by atoms with E-state index < -0.39 is 5.60 Å². The number of benzene rings is 1. The Morgan fingerprint density at radius 2 is 2.22 bits per heavy atom. The summed E-state index contributed by atoms with van der Waals surface area (Å²) in [5.41, 5.74) is 2.06. The zero-order chi connectivity index (χ0) is 12.6. The van der Waals surface area contributed by atoms with Gasteiger partial charge in [0.25, 0.3) is 0 Å². The second-order valence-electron chi connectivity index (χ2n) is 5.78. The Hall–Kier alpha value is -0.900. The summed E-state index contributed by atoms with van der Waals surface area (Å²) >= 11 is 0. The number of β-amino-alcohol motifs (C(OH)–C–C–N with tert-alkyl or cyclic N) is 1. The van der Waals surface area contributed by atoms with Crippen molar-refractivity contribution < 1.29 is 5.11 Å². The minimum Gasteiger partial charge on any atom is -0.387 e. The second kappa shape index (κ2) is 4.65. The molecule has 2 N–H and O–H groups in total. The first-order valence-electron chi connectivity index (χ1n) is 6.91. The van der Waals surface area contributed by atoms with Crippen molar-refractivity contribution in [3.63, 3.8) is 0 Å². The molecule has 1 fully saturated rings. The van der Waals surface area contributed by atoms with Gasteiger partial charge in [0.05, 0.1) is 11.6 Å². The van der Waals surface area contributed by atoms with Crippen LogP contribution in [0.2, 0.25) is 0 Å². The first-order chi connectivity index (χ1) is 8.69. The first-order valence-corrected chi connectivity index (χ1v) is 6.91. The number of fused-ring (bicyclic) bond motifs is 1. The van der Waals surface area contributed by atoms with Crippen LogP contribution in [0.4, 0.5) is 0 Å². The van der Waals surface area contributed by atoms with Gasteiger partial charge in [-0.1, -0.05) is 24.3 Å². The average molecular weight is 246 g/mol. The Labute approximate surface area is 109 Å². The molecule has 0 bridgehead atoms. The molecule has 2 unspecified atom stereocenters. The molecule has 1 aromatic rings. The van der Waals surface area contributed by atoms with E-state index in [-0.39, 0.29) is 6.04 Å². The first kappa shape index (κ1) is 12.2. The molecule has 18 heavy (non-hydrogen) atoms. The SMILES string of the molecule is CN1CCCC(O)(C2NCCc3ccccc32)C1. The fraction of sp³-hybridized carbons (Fsp3) is 0.600. The lowest BCUT2D eigenvalue weighted by atomic mass is 9.78. The van der Waals surface area contributed by atoms with Crippen molar-refractivity contribution in [1.82, 2.24) is 10.2 Å². The largest absolute Gasteiger partial charge is 0.387 e. The summed E-state index contributed by atoms with van der Waals surface area (Å²) in [6, 6.07) is 8.62. The van der Waals surface area contributed by atoms with Crippen LogP contribution >= 0.6 is 0 Å². The van der Waals surface area contributed by atoms with Crippen molar-refractivity contribution >= 4 is 0 Å². The molecule has 3 rings (SSSR count). The van der Waals surface area contributed by atoms with Crippen LogP contribution in [0.3, 0.4) is 0 Å². The van der Waals surface area contributed by atoms with Gasteiger partial charge >= 0.3 is 0 Å². The summed E-state index contributed by atoms with van der Waals surface area (Å²) in [5, 5.41) is 14.5. The van der Waals surface area contributed by atoms with Gasteiger partial charge in [-0.15, -0.1) is 0 Å². The van der Waals surface area contributed by atoms with Crippen LogP contribution in [0, 0.1) is 0 Å². The maximum Gasteiger partial charge on any atom is 0.0968 e. The Morgan fingerprint density at radius 3 is 3.06 bits per heavy atom. The molecule has 2 aliphatic rings. The van der Waals surface area contributed by atoms with Crippen molar-refractivity contribution in [2.45, 2.75) is 30.9 Å². The number of hydrogen-bond donors (Lipinski definition) is 2. The fourth-order valence-electron chi connectivity index (χ4n) is 3.50. The van der Waals surface area contributed by atoms with Crippen molar-refractivity contribution in [2.75, 3.05) is 26.7 Å². The molecular weight excluding hydrogens is 224 g/mol. The number of rotatable bonds is 1. The Morgan fingerprint density at radius 1 is 1.39 bits per heavy atom. The summed E-state index contributed by atoms with van der Waals surface area (Å²) in [6.07, 6.45) is 3.04. The third kappa shape index (κ3) is 2.07. The highest BCUT2D eigenvalue weighted by Crippen LogP contribution is 2.36. The van der Waals surface area contributed by atoms with E-state index in [0.717, 1.165) is 38.9 Å². The van der Waals surface area contributed by atoms with Gasteiger partial charge in [0.15, 0.2) is 0 Å². The number of hydrogen-bond acceptors (Lipinski definition) is 3. The third-order valence-electron chi connectivity index (χ3n) is 4.34. The van der Waals surface area contributed by atoms with E-state index >= 15 is 0 Å². The van der Waals surface area contributed by atoms with Crippen LogP contribution in [0.15, 0.2) is 24.3 Å². The molecule has 0 amide bonds. The van der Waals surface area contributed by atoms with Gasteiger partial charge in [-0.3, -0.25) is 0 Å². The zero-order valence-electron chi connectivity index (χ0n) is 11.0. The van der Waals surface area contributed by atoms with Crippen LogP contribution in [-0.4, -0.2) is 42.3 Å². The summed E-state index contributed by atoms with van der Waals surface area (Å²) in [4.78, 5) is 2.24. The van der Waals surface area contributed by atoms with Gasteiger partial charge in [-0.2, -0.15) is 0 Å². The molecule has 0 aliphatic carbocycles. The topological polar surface area (TPSA) is 35.5 Å². The lowest BCUT2D eigenvalue weighted by molar-refractivity contribution is -0.0547. The Balaban J connectivity index is 1.93. The van der Waals surface area contributed by atoms with E-state index in [0.29, 0.717) is 0 Å².